The van der Waals surface area contributed by atoms with Gasteiger partial charge in [-0.05, 0) is 38.7 Å². The molecular weight excluding hydrogens is 480 g/mol. The van der Waals surface area contributed by atoms with Crippen LogP contribution in [-0.4, -0.2) is 28.6 Å². The van der Waals surface area contributed by atoms with E-state index >= 15 is 0 Å². The first-order valence-corrected chi connectivity index (χ1v) is 14.0. The Balaban J connectivity index is 1.39. The van der Waals surface area contributed by atoms with E-state index in [9.17, 15) is 8.96 Å². The van der Waals surface area contributed by atoms with Gasteiger partial charge in [-0.1, -0.05) is 103 Å². The molecule has 0 spiro atoms. The van der Waals surface area contributed by atoms with E-state index in [2.05, 4.69) is 53.3 Å². The molecule has 1 aliphatic heterocycles. The quantitative estimate of drug-likeness (QED) is 0.175. The molecule has 1 aliphatic rings. The van der Waals surface area contributed by atoms with E-state index in [4.69, 9.17) is 0 Å². The van der Waals surface area contributed by atoms with Crippen LogP contribution in [0.25, 0.3) is 21.5 Å². The van der Waals surface area contributed by atoms with Crippen LogP contribution in [-0.2, 0) is 17.7 Å². The molecule has 0 bridgehead atoms. The largest absolute Gasteiger partial charge is 0.330 e. The molecule has 0 radical (unpaired) electrons. The maximum absolute atomic E-state index is 14.8. The first-order chi connectivity index (χ1) is 18.1. The van der Waals surface area contributed by atoms with E-state index in [1.807, 2.05) is 45.7 Å². The molecule has 4 nitrogen and oxygen atoms in total. The van der Waals surface area contributed by atoms with Gasteiger partial charge in [0, 0.05) is 38.0 Å². The van der Waals surface area contributed by atoms with Crippen LogP contribution in [0.2, 0.25) is 0 Å². The molecule has 0 N–H and O–H groups in total. The highest BCUT2D eigenvalue weighted by molar-refractivity contribution is 7.58. The van der Waals surface area contributed by atoms with Crippen LogP contribution in [0.4, 0.5) is 4.39 Å². The minimum atomic E-state index is -3.39. The van der Waals surface area contributed by atoms with Crippen molar-refractivity contribution in [3.63, 3.8) is 0 Å². The summed E-state index contributed by atoms with van der Waals surface area (Å²) >= 11 is 0. The topological polar surface area (TPSA) is 35.9 Å². The van der Waals surface area contributed by atoms with Crippen LogP contribution in [0, 0.1) is 5.82 Å². The van der Waals surface area contributed by atoms with Gasteiger partial charge in [0.05, 0.1) is 0 Å². The molecule has 0 saturated carbocycles. The average molecular weight is 508 g/mol. The summed E-state index contributed by atoms with van der Waals surface area (Å²) in [6.07, 6.45) is 1.44. The lowest BCUT2D eigenvalue weighted by Crippen LogP contribution is -2.19. The summed E-state index contributed by atoms with van der Waals surface area (Å²) in [4.78, 5) is 0. The first-order valence-electron chi connectivity index (χ1n) is 12.5. The third-order valence-electron chi connectivity index (χ3n) is 7.07. The molecule has 1 heterocycles. The van der Waals surface area contributed by atoms with Crippen LogP contribution in [0.5, 0.6) is 0 Å². The standard InChI is InChI=1S/C31H27FN3OP/c32-31-18-6-3-11-26(31)21-33-37(36)34(22-27-14-7-12-24-9-1-4-16-29(24)27)19-20-35(37)23-28-15-8-13-25-10-2-5-17-30(25)28/h1-18,21H,19-20,22-23H2/b33-21+. The third-order valence-corrected chi connectivity index (χ3v) is 9.64. The monoisotopic (exact) mass is 507 g/mol. The zero-order valence-corrected chi connectivity index (χ0v) is 21.3. The predicted molar refractivity (Wildman–Crippen MR) is 150 cm³/mol. The summed E-state index contributed by atoms with van der Waals surface area (Å²) in [7, 11) is -3.39. The molecule has 5 aromatic carbocycles. The summed E-state index contributed by atoms with van der Waals surface area (Å²) in [5.74, 6) is -0.377. The molecule has 1 fully saturated rings. The van der Waals surface area contributed by atoms with Crippen molar-refractivity contribution in [3.05, 3.63) is 132 Å². The van der Waals surface area contributed by atoms with E-state index in [0.29, 0.717) is 31.7 Å². The number of rotatable bonds is 6. The number of hydrogen-bond acceptors (Lipinski definition) is 1. The smallest absolute Gasteiger partial charge is 0.262 e. The van der Waals surface area contributed by atoms with Crippen molar-refractivity contribution in [2.45, 2.75) is 13.1 Å². The van der Waals surface area contributed by atoms with Gasteiger partial charge in [-0.15, -0.1) is 0 Å². The zero-order chi connectivity index (χ0) is 25.2. The molecule has 0 atom stereocenters. The normalized spacial score (nSPS) is 16.2. The Morgan fingerprint density at radius 2 is 1.16 bits per heavy atom. The highest BCUT2D eigenvalue weighted by Gasteiger charge is 2.43. The summed E-state index contributed by atoms with van der Waals surface area (Å²) in [6.45, 7) is 2.22. The van der Waals surface area contributed by atoms with Gasteiger partial charge in [-0.2, -0.15) is 0 Å². The van der Waals surface area contributed by atoms with Crippen molar-refractivity contribution >= 4 is 35.4 Å². The molecule has 37 heavy (non-hydrogen) atoms. The Labute approximate surface area is 216 Å². The Morgan fingerprint density at radius 3 is 1.73 bits per heavy atom. The SMILES string of the molecule is O=P1(/N=C/c2ccccc2F)N(Cc2cccc3ccccc23)CCN1Cc1cccc2ccccc12. The molecule has 0 aliphatic carbocycles. The van der Waals surface area contributed by atoms with Crippen LogP contribution < -0.4 is 0 Å². The minimum Gasteiger partial charge on any atom is -0.262 e. The molecule has 0 unspecified atom stereocenters. The van der Waals surface area contributed by atoms with Crippen molar-refractivity contribution in [2.75, 3.05) is 13.1 Å². The fourth-order valence-electron chi connectivity index (χ4n) is 5.13. The van der Waals surface area contributed by atoms with Crippen molar-refractivity contribution in [1.29, 1.82) is 0 Å². The van der Waals surface area contributed by atoms with Gasteiger partial charge >= 0.3 is 7.59 Å². The molecule has 5 aromatic rings. The maximum atomic E-state index is 14.8. The molecule has 6 heteroatoms. The second kappa shape index (κ2) is 10.0. The Hall–Kier alpha value is -3.63. The average Bonchev–Trinajstić information content (AvgIpc) is 3.23. The summed E-state index contributed by atoms with van der Waals surface area (Å²) in [6, 6.07) is 35.4. The number of hydrogen-bond donors (Lipinski definition) is 0. The highest BCUT2D eigenvalue weighted by Crippen LogP contribution is 2.59. The maximum Gasteiger partial charge on any atom is 0.330 e. The fraction of sp³-hybridized carbons (Fsp3) is 0.129. The van der Waals surface area contributed by atoms with Gasteiger partial charge in [-0.25, -0.2) is 18.5 Å². The van der Waals surface area contributed by atoms with Gasteiger partial charge in [0.25, 0.3) is 0 Å². The van der Waals surface area contributed by atoms with E-state index in [0.717, 1.165) is 32.7 Å². The number of fused-ring (bicyclic) bond motifs is 2. The van der Waals surface area contributed by atoms with Crippen LogP contribution in [0.1, 0.15) is 16.7 Å². The van der Waals surface area contributed by atoms with Gasteiger partial charge in [-0.3, -0.25) is 4.57 Å². The third kappa shape index (κ3) is 4.62. The van der Waals surface area contributed by atoms with E-state index < -0.39 is 7.59 Å². The van der Waals surface area contributed by atoms with Crippen molar-refractivity contribution in [1.82, 2.24) is 9.34 Å². The lowest BCUT2D eigenvalue weighted by Gasteiger charge is -2.27. The molecule has 0 amide bonds. The second-order valence-electron chi connectivity index (χ2n) is 9.33. The van der Waals surface area contributed by atoms with Crippen molar-refractivity contribution in [3.8, 4) is 0 Å². The van der Waals surface area contributed by atoms with E-state index in [1.54, 1.807) is 18.2 Å². The fourth-order valence-corrected chi connectivity index (χ4v) is 7.43. The van der Waals surface area contributed by atoms with Gasteiger partial charge in [0.2, 0.25) is 0 Å². The van der Waals surface area contributed by atoms with E-state index in [1.165, 1.54) is 12.3 Å². The summed E-state index contributed by atoms with van der Waals surface area (Å²) < 4.78 is 37.8. The minimum absolute atomic E-state index is 0.333. The molecule has 184 valence electrons. The van der Waals surface area contributed by atoms with Crippen molar-refractivity contribution < 1.29 is 8.96 Å². The van der Waals surface area contributed by atoms with Crippen molar-refractivity contribution in [2.24, 2.45) is 4.76 Å². The molecule has 0 aromatic heterocycles. The van der Waals surface area contributed by atoms with Crippen LogP contribution in [0.3, 0.4) is 0 Å². The molecule has 6 rings (SSSR count). The number of halogens is 1. The zero-order valence-electron chi connectivity index (χ0n) is 20.4. The Bertz CT molecular complexity index is 1560. The van der Waals surface area contributed by atoms with Gasteiger partial charge in [0.1, 0.15) is 5.82 Å². The second-order valence-corrected chi connectivity index (χ2v) is 11.7. The van der Waals surface area contributed by atoms with Crippen LogP contribution in [0.15, 0.2) is 114 Å². The van der Waals surface area contributed by atoms with Gasteiger partial charge in [0.15, 0.2) is 0 Å². The Kier molecular flexibility index (Phi) is 6.43. The lowest BCUT2D eigenvalue weighted by molar-refractivity contribution is 0.436. The molecular formula is C31H27FN3OP. The Morgan fingerprint density at radius 1 is 0.676 bits per heavy atom. The predicted octanol–water partition coefficient (Wildman–Crippen LogP) is 7.68. The number of benzene rings is 5. The highest BCUT2D eigenvalue weighted by atomic mass is 31.2. The van der Waals surface area contributed by atoms with Gasteiger partial charge < -0.3 is 0 Å². The first kappa shape index (κ1) is 23.7. The number of nitrogens with zero attached hydrogens (tertiary/aromatic N) is 3. The van der Waals surface area contributed by atoms with Crippen LogP contribution >= 0.6 is 7.59 Å². The summed E-state index contributed by atoms with van der Waals surface area (Å²) in [5, 5.41) is 4.58. The van der Waals surface area contributed by atoms with E-state index in [-0.39, 0.29) is 5.82 Å². The summed E-state index contributed by atoms with van der Waals surface area (Å²) in [5.41, 5.74) is 2.54. The lowest BCUT2D eigenvalue weighted by atomic mass is 10.0. The molecule has 1 saturated heterocycles.